The van der Waals surface area contributed by atoms with Crippen LogP contribution in [0.3, 0.4) is 0 Å². The average Bonchev–Trinajstić information content (AvgIpc) is 2.48. The van der Waals surface area contributed by atoms with Crippen molar-refractivity contribution in [3.63, 3.8) is 0 Å². The van der Waals surface area contributed by atoms with Crippen molar-refractivity contribution in [3.05, 3.63) is 0 Å². The quantitative estimate of drug-likeness (QED) is 0.828. The zero-order chi connectivity index (χ0) is 15.2. The molecule has 1 atom stereocenters. The second kappa shape index (κ2) is 7.43. The van der Waals surface area contributed by atoms with Gasteiger partial charge in [0, 0.05) is 25.9 Å². The Balaban J connectivity index is 1.85. The summed E-state index contributed by atoms with van der Waals surface area (Å²) in [5.74, 6) is -0.416. The molecule has 0 spiro atoms. The van der Waals surface area contributed by atoms with Crippen LogP contribution in [0, 0.1) is 5.92 Å². The van der Waals surface area contributed by atoms with Crippen LogP contribution < -0.4 is 5.32 Å². The number of nitrogens with zero attached hydrogens (tertiary/aromatic N) is 1. The van der Waals surface area contributed by atoms with Gasteiger partial charge >= 0.3 is 12.0 Å². The first kappa shape index (κ1) is 15.8. The van der Waals surface area contributed by atoms with Gasteiger partial charge in [-0.2, -0.15) is 0 Å². The van der Waals surface area contributed by atoms with E-state index in [4.69, 9.17) is 0 Å². The molecule has 0 radical (unpaired) electrons. The first-order valence-corrected chi connectivity index (χ1v) is 7.86. The number of likely N-dealkylation sites (tertiary alicyclic amines) is 1. The summed E-state index contributed by atoms with van der Waals surface area (Å²) < 4.78 is 0. The van der Waals surface area contributed by atoms with Gasteiger partial charge in [-0.1, -0.05) is 32.1 Å². The lowest BCUT2D eigenvalue weighted by molar-refractivity contribution is -0.139. The van der Waals surface area contributed by atoms with Crippen molar-refractivity contribution in [1.29, 1.82) is 0 Å². The topological polar surface area (TPSA) is 86.7 Å². The average molecular weight is 296 g/mol. The maximum atomic E-state index is 12.1. The van der Waals surface area contributed by atoms with Crippen molar-refractivity contribution >= 4 is 17.8 Å². The lowest BCUT2D eigenvalue weighted by atomic mass is 9.85. The fraction of sp³-hybridized carbons (Fsp3) is 0.800. The molecule has 0 bridgehead atoms. The number of rotatable bonds is 4. The van der Waals surface area contributed by atoms with E-state index >= 15 is 0 Å². The van der Waals surface area contributed by atoms with Gasteiger partial charge in [0.15, 0.2) is 0 Å². The third-order valence-corrected chi connectivity index (χ3v) is 4.50. The summed E-state index contributed by atoms with van der Waals surface area (Å²) in [6.07, 6.45) is 6.88. The predicted octanol–water partition coefficient (Wildman–Crippen LogP) is 1.78. The van der Waals surface area contributed by atoms with Gasteiger partial charge < -0.3 is 15.3 Å². The number of nitrogens with one attached hydrogen (secondary N) is 1. The highest BCUT2D eigenvalue weighted by atomic mass is 16.4. The minimum absolute atomic E-state index is 0.163. The Morgan fingerprint density at radius 3 is 2.38 bits per heavy atom. The Labute approximate surface area is 124 Å². The third kappa shape index (κ3) is 4.72. The Hall–Kier alpha value is -1.59. The number of aliphatic carboxylic acids is 1. The fourth-order valence-electron chi connectivity index (χ4n) is 3.18. The standard InChI is InChI=1S/C15H24N2O4/c18-12-6-8-17(9-7-12)15(21)16-13(14(19)20)10-11-4-2-1-3-5-11/h11,13H,1-10H2,(H,16,21)(H,19,20). The molecule has 2 N–H and O–H groups in total. The summed E-state index contributed by atoms with van der Waals surface area (Å²) in [5.41, 5.74) is 0. The first-order chi connectivity index (χ1) is 10.1. The molecule has 0 aromatic rings. The number of Topliss-reactive ketones (excluding diaryl/α,β-unsaturated/α-hetero) is 1. The number of carboxylic acid groups (broad SMARTS) is 1. The van der Waals surface area contributed by atoms with E-state index in [1.807, 2.05) is 0 Å². The predicted molar refractivity (Wildman–Crippen MR) is 77.0 cm³/mol. The Kier molecular flexibility index (Phi) is 5.59. The van der Waals surface area contributed by atoms with Crippen molar-refractivity contribution in [3.8, 4) is 0 Å². The van der Waals surface area contributed by atoms with Crippen LogP contribution in [0.4, 0.5) is 4.79 Å². The van der Waals surface area contributed by atoms with Crippen molar-refractivity contribution in [2.24, 2.45) is 5.92 Å². The van der Waals surface area contributed by atoms with Crippen LogP contribution in [-0.4, -0.2) is 46.9 Å². The zero-order valence-electron chi connectivity index (χ0n) is 12.3. The van der Waals surface area contributed by atoms with Crippen molar-refractivity contribution in [1.82, 2.24) is 10.2 Å². The molecule has 6 nitrogen and oxygen atoms in total. The smallest absolute Gasteiger partial charge is 0.326 e. The van der Waals surface area contributed by atoms with Crippen LogP contribution in [-0.2, 0) is 9.59 Å². The molecule has 6 heteroatoms. The van der Waals surface area contributed by atoms with Crippen LogP contribution in [0.2, 0.25) is 0 Å². The van der Waals surface area contributed by atoms with Gasteiger partial charge in [0.25, 0.3) is 0 Å². The summed E-state index contributed by atoms with van der Waals surface area (Å²) in [5, 5.41) is 11.9. The number of piperidine rings is 1. The third-order valence-electron chi connectivity index (χ3n) is 4.50. The van der Waals surface area contributed by atoms with Gasteiger partial charge in [0.1, 0.15) is 11.8 Å². The summed E-state index contributed by atoms with van der Waals surface area (Å²) >= 11 is 0. The minimum atomic E-state index is -0.970. The number of urea groups is 1. The van der Waals surface area contributed by atoms with E-state index in [-0.39, 0.29) is 11.8 Å². The van der Waals surface area contributed by atoms with E-state index in [2.05, 4.69) is 5.32 Å². The summed E-state index contributed by atoms with van der Waals surface area (Å²) in [7, 11) is 0. The normalized spacial score (nSPS) is 21.9. The van der Waals surface area contributed by atoms with Gasteiger partial charge in [-0.3, -0.25) is 4.79 Å². The number of carbonyl (C=O) groups excluding carboxylic acids is 2. The largest absolute Gasteiger partial charge is 0.480 e. The SMILES string of the molecule is O=C1CCN(C(=O)NC(CC2CCCCC2)C(=O)O)CC1. The molecule has 2 aliphatic rings. The Morgan fingerprint density at radius 1 is 1.19 bits per heavy atom. The van der Waals surface area contributed by atoms with Crippen molar-refractivity contribution < 1.29 is 19.5 Å². The summed E-state index contributed by atoms with van der Waals surface area (Å²) in [4.78, 5) is 36.2. The molecule has 2 fully saturated rings. The van der Waals surface area contributed by atoms with Crippen LogP contribution in [0.1, 0.15) is 51.4 Å². The molecule has 1 unspecified atom stereocenters. The molecule has 1 saturated carbocycles. The van der Waals surface area contributed by atoms with Gasteiger partial charge in [0.05, 0.1) is 0 Å². The molecule has 21 heavy (non-hydrogen) atoms. The second-order valence-corrected chi connectivity index (χ2v) is 6.11. The monoisotopic (exact) mass is 296 g/mol. The molecule has 1 aliphatic heterocycles. The van der Waals surface area contributed by atoms with E-state index in [0.717, 1.165) is 25.7 Å². The first-order valence-electron chi connectivity index (χ1n) is 7.86. The molecule has 0 aromatic carbocycles. The van der Waals surface area contributed by atoms with Crippen LogP contribution in [0.5, 0.6) is 0 Å². The minimum Gasteiger partial charge on any atom is -0.480 e. The lowest BCUT2D eigenvalue weighted by Gasteiger charge is -2.29. The number of hydrogen-bond donors (Lipinski definition) is 2. The van der Waals surface area contributed by atoms with E-state index in [1.165, 1.54) is 11.3 Å². The number of carboxylic acids is 1. The Morgan fingerprint density at radius 2 is 1.81 bits per heavy atom. The van der Waals surface area contributed by atoms with Gasteiger partial charge in [-0.25, -0.2) is 9.59 Å². The molecule has 0 aromatic heterocycles. The zero-order valence-corrected chi connectivity index (χ0v) is 12.3. The molecular weight excluding hydrogens is 272 g/mol. The van der Waals surface area contributed by atoms with Crippen LogP contribution in [0.15, 0.2) is 0 Å². The van der Waals surface area contributed by atoms with Crippen LogP contribution in [0.25, 0.3) is 0 Å². The molecule has 118 valence electrons. The highest BCUT2D eigenvalue weighted by Gasteiger charge is 2.28. The molecule has 1 heterocycles. The van der Waals surface area contributed by atoms with Crippen LogP contribution >= 0.6 is 0 Å². The highest BCUT2D eigenvalue weighted by molar-refractivity contribution is 5.85. The maximum absolute atomic E-state index is 12.1. The molecule has 2 rings (SSSR count). The summed E-state index contributed by atoms with van der Waals surface area (Å²) in [6.45, 7) is 0.779. The van der Waals surface area contributed by atoms with Crippen molar-refractivity contribution in [2.45, 2.75) is 57.4 Å². The van der Waals surface area contributed by atoms with E-state index in [0.29, 0.717) is 38.3 Å². The fourth-order valence-corrected chi connectivity index (χ4v) is 3.18. The summed E-state index contributed by atoms with van der Waals surface area (Å²) in [6, 6.07) is -1.18. The highest BCUT2D eigenvalue weighted by Crippen LogP contribution is 2.27. The van der Waals surface area contributed by atoms with E-state index < -0.39 is 12.0 Å². The molecule has 1 aliphatic carbocycles. The van der Waals surface area contributed by atoms with E-state index in [1.54, 1.807) is 0 Å². The van der Waals surface area contributed by atoms with Crippen molar-refractivity contribution in [2.75, 3.05) is 13.1 Å². The van der Waals surface area contributed by atoms with Gasteiger partial charge in [-0.15, -0.1) is 0 Å². The number of ketones is 1. The molecule has 2 amide bonds. The molecular formula is C15H24N2O4. The van der Waals surface area contributed by atoms with Gasteiger partial charge in [-0.05, 0) is 12.3 Å². The number of carbonyl (C=O) groups is 3. The number of amides is 2. The maximum Gasteiger partial charge on any atom is 0.326 e. The second-order valence-electron chi connectivity index (χ2n) is 6.11. The number of hydrogen-bond acceptors (Lipinski definition) is 3. The van der Waals surface area contributed by atoms with E-state index in [9.17, 15) is 19.5 Å². The molecule has 1 saturated heterocycles. The lowest BCUT2D eigenvalue weighted by Crippen LogP contribution is -2.50. The van der Waals surface area contributed by atoms with Gasteiger partial charge in [0.2, 0.25) is 0 Å². The Bertz CT molecular complexity index is 394.